The average molecular weight is 779 g/mol. The van der Waals surface area contributed by atoms with E-state index in [0.29, 0.717) is 39.0 Å². The van der Waals surface area contributed by atoms with Crippen LogP contribution in [0.25, 0.3) is 0 Å². The minimum atomic E-state index is -0.365. The van der Waals surface area contributed by atoms with Crippen molar-refractivity contribution in [3.63, 3.8) is 0 Å². The summed E-state index contributed by atoms with van der Waals surface area (Å²) < 4.78 is 29.1. The molecule has 5 saturated carbocycles. The van der Waals surface area contributed by atoms with Crippen LogP contribution in [0.1, 0.15) is 124 Å². The van der Waals surface area contributed by atoms with Crippen LogP contribution in [0.2, 0.25) is 0 Å². The summed E-state index contributed by atoms with van der Waals surface area (Å²) in [7, 11) is 0. The number of hydrogen-bond acceptors (Lipinski definition) is 10. The molecule has 0 aromatic heterocycles. The van der Waals surface area contributed by atoms with Crippen LogP contribution in [-0.4, -0.2) is 67.6 Å². The zero-order valence-corrected chi connectivity index (χ0v) is 34.3. The number of fused-ring (bicyclic) bond motifs is 5. The molecule has 0 amide bonds. The Labute approximate surface area is 333 Å². The van der Waals surface area contributed by atoms with Crippen LogP contribution in [0.4, 0.5) is 0 Å². The highest BCUT2D eigenvalue weighted by molar-refractivity contribution is 5.82. The second-order valence-electron chi connectivity index (χ2n) is 18.4. The van der Waals surface area contributed by atoms with E-state index in [-0.39, 0.29) is 88.6 Å². The number of rotatable bonds is 16. The van der Waals surface area contributed by atoms with Gasteiger partial charge in [-0.25, -0.2) is 4.79 Å². The average Bonchev–Trinajstić information content (AvgIpc) is 3.53. The summed E-state index contributed by atoms with van der Waals surface area (Å²) in [5, 5.41) is 10.6. The maximum atomic E-state index is 13.5. The van der Waals surface area contributed by atoms with E-state index in [1.165, 1.54) is 11.6 Å². The largest absolute Gasteiger partial charge is 0.489 e. The number of carbonyl (C=O) groups excluding carboxylic acids is 4. The molecule has 10 heteroatoms. The summed E-state index contributed by atoms with van der Waals surface area (Å²) in [6.45, 7) is 12.4. The molecule has 10 nitrogen and oxygen atoms in total. The Kier molecular flexibility index (Phi) is 13.9. The van der Waals surface area contributed by atoms with Crippen LogP contribution in [0.3, 0.4) is 0 Å². The lowest BCUT2D eigenvalue weighted by atomic mass is 9.43. The fourth-order valence-corrected chi connectivity index (χ4v) is 12.5. The quantitative estimate of drug-likeness (QED) is 0.0763. The van der Waals surface area contributed by atoms with E-state index < -0.39 is 0 Å². The van der Waals surface area contributed by atoms with Gasteiger partial charge >= 0.3 is 11.9 Å². The molecule has 0 heterocycles. The van der Waals surface area contributed by atoms with Gasteiger partial charge in [0.2, 0.25) is 0 Å². The molecule has 310 valence electrons. The molecular weight excluding hydrogens is 712 g/mol. The van der Waals surface area contributed by atoms with Gasteiger partial charge in [0.05, 0.1) is 12.7 Å². The van der Waals surface area contributed by atoms with Crippen LogP contribution in [-0.2, 0) is 44.5 Å². The molecule has 1 N–H and O–H groups in total. The predicted molar refractivity (Wildman–Crippen MR) is 210 cm³/mol. The summed E-state index contributed by atoms with van der Waals surface area (Å²) in [5.41, 5.74) is 1.64. The SMILES string of the molecule is CCOC(=O)/C=C(/C)COc1ccc(C[C@@H]2CCCC[C@@H]2OC(=O)CC[C@@H](C)[C@H]2CC[C@H]3[C@@H]4[C@H](OC=O)C[C@@H]5C[C@H](O)CC[C@]5(C)[C@H]4C[C@H](OC=O)[C@]23C)cc1. The molecule has 1 aromatic carbocycles. The smallest absolute Gasteiger partial charge is 0.330 e. The Balaban J connectivity index is 1.06. The van der Waals surface area contributed by atoms with Gasteiger partial charge in [0.15, 0.2) is 0 Å². The summed E-state index contributed by atoms with van der Waals surface area (Å²) in [5.74, 6) is 1.82. The fraction of sp³-hybridized carbons (Fsp3) is 0.739. The lowest BCUT2D eigenvalue weighted by molar-refractivity contribution is -0.217. The number of esters is 2. The normalized spacial score (nSPS) is 37.1. The van der Waals surface area contributed by atoms with Gasteiger partial charge in [-0.15, -0.1) is 0 Å². The van der Waals surface area contributed by atoms with Gasteiger partial charge in [-0.3, -0.25) is 14.4 Å². The Bertz CT molecular complexity index is 1540. The third kappa shape index (κ3) is 9.00. The Morgan fingerprint density at radius 1 is 0.929 bits per heavy atom. The summed E-state index contributed by atoms with van der Waals surface area (Å²) in [4.78, 5) is 49.1. The molecule has 0 bridgehead atoms. The molecule has 5 fully saturated rings. The van der Waals surface area contributed by atoms with Gasteiger partial charge in [0.25, 0.3) is 12.9 Å². The lowest BCUT2D eigenvalue weighted by Gasteiger charge is -2.64. The first-order chi connectivity index (χ1) is 26.9. The van der Waals surface area contributed by atoms with Crippen molar-refractivity contribution in [3.8, 4) is 5.75 Å². The Hall–Kier alpha value is -3.40. The molecule has 1 aromatic rings. The third-order valence-corrected chi connectivity index (χ3v) is 15.4. The summed E-state index contributed by atoms with van der Waals surface area (Å²) in [6, 6.07) is 8.04. The topological polar surface area (TPSA) is 135 Å². The highest BCUT2D eigenvalue weighted by Gasteiger charge is 2.67. The van der Waals surface area contributed by atoms with Crippen molar-refractivity contribution in [2.24, 2.45) is 52.3 Å². The van der Waals surface area contributed by atoms with Crippen molar-refractivity contribution >= 4 is 24.9 Å². The van der Waals surface area contributed by atoms with Crippen molar-refractivity contribution in [2.45, 2.75) is 149 Å². The maximum Gasteiger partial charge on any atom is 0.330 e. The van der Waals surface area contributed by atoms with Crippen LogP contribution in [0, 0.1) is 52.3 Å². The number of ether oxygens (including phenoxy) is 5. The Morgan fingerprint density at radius 2 is 1.68 bits per heavy atom. The highest BCUT2D eigenvalue weighted by Crippen LogP contribution is 2.69. The van der Waals surface area contributed by atoms with Crippen LogP contribution >= 0.6 is 0 Å². The first kappa shape index (κ1) is 42.2. The van der Waals surface area contributed by atoms with E-state index in [1.807, 2.05) is 19.1 Å². The lowest BCUT2D eigenvalue weighted by Crippen LogP contribution is -2.63. The van der Waals surface area contributed by atoms with Gasteiger partial charge < -0.3 is 28.8 Å². The van der Waals surface area contributed by atoms with Crippen LogP contribution in [0.5, 0.6) is 5.75 Å². The van der Waals surface area contributed by atoms with Crippen molar-refractivity contribution in [1.82, 2.24) is 0 Å². The fourth-order valence-electron chi connectivity index (χ4n) is 12.5. The second kappa shape index (κ2) is 18.5. The molecule has 0 unspecified atom stereocenters. The van der Waals surface area contributed by atoms with E-state index in [0.717, 1.165) is 88.4 Å². The van der Waals surface area contributed by atoms with Gasteiger partial charge in [0, 0.05) is 23.8 Å². The molecule has 5 aliphatic carbocycles. The first-order valence-corrected chi connectivity index (χ1v) is 21.5. The van der Waals surface area contributed by atoms with Crippen LogP contribution in [0.15, 0.2) is 35.9 Å². The maximum absolute atomic E-state index is 13.5. The molecule has 0 aliphatic heterocycles. The number of benzene rings is 1. The van der Waals surface area contributed by atoms with Gasteiger partial charge in [-0.2, -0.15) is 0 Å². The predicted octanol–water partition coefficient (Wildman–Crippen LogP) is 7.96. The Morgan fingerprint density at radius 3 is 2.41 bits per heavy atom. The number of carbonyl (C=O) groups is 4. The zero-order valence-electron chi connectivity index (χ0n) is 34.3. The van der Waals surface area contributed by atoms with Gasteiger partial charge in [0.1, 0.15) is 30.7 Å². The minimum absolute atomic E-state index is 0.00878. The standard InChI is InChI=1S/C46H66O10/c1-6-52-43(51)21-29(2)26-53-35-14-12-31(13-15-35)22-32-9-7-8-10-39(32)56-42(50)18-11-30(3)36-16-17-37-44-38(25-41(55-28-48)46(36,37)5)45(4)20-19-34(49)23-33(45)24-40(44)54-27-47/h12-15,21,27-28,30,32-34,36-41,44,49H,6-11,16-20,22-26H2,1-5H3/b29-21-/t30-,32+,33+,34-,36-,37+,38+,39+,40-,41+,44+,45+,46-/m1/s1. The third-order valence-electron chi connectivity index (χ3n) is 15.4. The van der Waals surface area contributed by atoms with Crippen molar-refractivity contribution in [2.75, 3.05) is 13.2 Å². The molecule has 0 spiro atoms. The molecule has 13 atom stereocenters. The van der Waals surface area contributed by atoms with Gasteiger partial charge in [-0.1, -0.05) is 39.3 Å². The molecule has 0 saturated heterocycles. The van der Waals surface area contributed by atoms with E-state index >= 15 is 0 Å². The van der Waals surface area contributed by atoms with Crippen LogP contribution < -0.4 is 4.74 Å². The first-order valence-electron chi connectivity index (χ1n) is 21.5. The van der Waals surface area contributed by atoms with E-state index in [1.54, 1.807) is 6.92 Å². The molecule has 6 rings (SSSR count). The zero-order chi connectivity index (χ0) is 40.0. The number of aliphatic hydroxyl groups excluding tert-OH is 1. The second-order valence-corrected chi connectivity index (χ2v) is 18.4. The summed E-state index contributed by atoms with van der Waals surface area (Å²) >= 11 is 0. The summed E-state index contributed by atoms with van der Waals surface area (Å²) in [6.07, 6.45) is 12.4. The van der Waals surface area contributed by atoms with E-state index in [4.69, 9.17) is 23.7 Å². The molecule has 5 aliphatic rings. The van der Waals surface area contributed by atoms with Crippen molar-refractivity contribution in [1.29, 1.82) is 0 Å². The monoisotopic (exact) mass is 778 g/mol. The van der Waals surface area contributed by atoms with Gasteiger partial charge in [-0.05, 0) is 155 Å². The number of hydrogen-bond donors (Lipinski definition) is 1. The highest BCUT2D eigenvalue weighted by atomic mass is 16.5. The molecule has 0 radical (unpaired) electrons. The number of aliphatic hydroxyl groups is 1. The van der Waals surface area contributed by atoms with Crippen molar-refractivity contribution in [3.05, 3.63) is 41.5 Å². The van der Waals surface area contributed by atoms with Crippen molar-refractivity contribution < 1.29 is 48.0 Å². The molecule has 56 heavy (non-hydrogen) atoms. The molecular formula is C46H66O10. The van der Waals surface area contributed by atoms with E-state index in [2.05, 4.69) is 32.9 Å². The van der Waals surface area contributed by atoms with E-state index in [9.17, 15) is 24.3 Å². The minimum Gasteiger partial charge on any atom is -0.489 e.